The van der Waals surface area contributed by atoms with Gasteiger partial charge in [-0.3, -0.25) is 5.43 Å². The Hall–Kier alpha value is -1.88. The van der Waals surface area contributed by atoms with Gasteiger partial charge in [-0.25, -0.2) is 0 Å². The summed E-state index contributed by atoms with van der Waals surface area (Å²) >= 11 is 5.51. The van der Waals surface area contributed by atoms with Gasteiger partial charge in [-0.1, -0.05) is 18.2 Å². The van der Waals surface area contributed by atoms with Gasteiger partial charge in [0.05, 0.1) is 0 Å². The van der Waals surface area contributed by atoms with Crippen molar-refractivity contribution >= 4 is 35.3 Å². The fourth-order valence-corrected chi connectivity index (χ4v) is 5.98. The van der Waals surface area contributed by atoms with Crippen LogP contribution >= 0.6 is 12.2 Å². The molecule has 4 aliphatic carbocycles. The maximum Gasteiger partial charge on any atom is 0.187 e. The largest absolute Gasteiger partial charge is 0.378 e. The van der Waals surface area contributed by atoms with Gasteiger partial charge in [0.2, 0.25) is 0 Å². The van der Waals surface area contributed by atoms with Crippen LogP contribution in [0.25, 0.3) is 6.08 Å². The predicted molar refractivity (Wildman–Crippen MR) is 118 cm³/mol. The van der Waals surface area contributed by atoms with E-state index >= 15 is 0 Å². The second-order valence-electron chi connectivity index (χ2n) is 8.89. The van der Waals surface area contributed by atoms with E-state index in [1.807, 2.05) is 26.2 Å². The Kier molecular flexibility index (Phi) is 5.22. The highest BCUT2D eigenvalue weighted by Crippen LogP contribution is 2.55. The lowest BCUT2D eigenvalue weighted by atomic mass is 9.53. The van der Waals surface area contributed by atoms with Gasteiger partial charge in [-0.05, 0) is 92.3 Å². The lowest BCUT2D eigenvalue weighted by Gasteiger charge is -2.57. The SMILES string of the molecule is CN(C)c1ccc(/C=C/C=N/NC(=S)NC23CC4CC(CC(C4)C2)C3)cc1. The first-order chi connectivity index (χ1) is 13.0. The van der Waals surface area contributed by atoms with Crippen molar-refractivity contribution in [2.45, 2.75) is 44.1 Å². The van der Waals surface area contributed by atoms with Crippen LogP contribution in [0.3, 0.4) is 0 Å². The molecule has 5 rings (SSSR count). The molecule has 0 aromatic heterocycles. The van der Waals surface area contributed by atoms with Gasteiger partial charge in [-0.2, -0.15) is 5.10 Å². The molecular formula is C22H30N4S. The average Bonchev–Trinajstić information content (AvgIpc) is 2.60. The highest BCUT2D eigenvalue weighted by molar-refractivity contribution is 7.80. The van der Waals surface area contributed by atoms with Crippen molar-refractivity contribution in [2.24, 2.45) is 22.9 Å². The number of hydrogen-bond acceptors (Lipinski definition) is 3. The number of thiocarbonyl (C=S) groups is 1. The topological polar surface area (TPSA) is 39.7 Å². The standard InChI is InChI=1S/C22H30N4S/c1-26(2)20-7-5-16(6-8-20)4-3-9-23-25-21(27)24-22-13-17-10-18(14-22)12-19(11-17)15-22/h3-9,17-19H,10-15H2,1-2H3,(H2,24,25,27)/b4-3+,23-9+. The normalized spacial score (nSPS) is 31.6. The van der Waals surface area contributed by atoms with E-state index in [1.54, 1.807) is 6.21 Å². The van der Waals surface area contributed by atoms with E-state index in [0.29, 0.717) is 5.11 Å². The summed E-state index contributed by atoms with van der Waals surface area (Å²) in [6.07, 6.45) is 13.9. The molecule has 2 N–H and O–H groups in total. The summed E-state index contributed by atoms with van der Waals surface area (Å²) in [5.74, 6) is 2.74. The first-order valence-electron chi connectivity index (χ1n) is 10.1. The molecule has 4 saturated carbocycles. The van der Waals surface area contributed by atoms with Crippen molar-refractivity contribution in [1.29, 1.82) is 0 Å². The van der Waals surface area contributed by atoms with E-state index < -0.39 is 0 Å². The van der Waals surface area contributed by atoms with Crippen LogP contribution < -0.4 is 15.6 Å². The van der Waals surface area contributed by atoms with Crippen molar-refractivity contribution in [3.8, 4) is 0 Å². The van der Waals surface area contributed by atoms with E-state index in [4.69, 9.17) is 12.2 Å². The Bertz CT molecular complexity index is 700. The molecule has 0 radical (unpaired) electrons. The van der Waals surface area contributed by atoms with Gasteiger partial charge in [0, 0.05) is 31.5 Å². The van der Waals surface area contributed by atoms with E-state index in [-0.39, 0.29) is 5.54 Å². The number of nitrogens with zero attached hydrogens (tertiary/aromatic N) is 2. The van der Waals surface area contributed by atoms with Gasteiger partial charge in [0.25, 0.3) is 0 Å². The lowest BCUT2D eigenvalue weighted by molar-refractivity contribution is -0.0101. The maximum atomic E-state index is 5.51. The van der Waals surface area contributed by atoms with Gasteiger partial charge < -0.3 is 10.2 Å². The molecule has 4 aliphatic rings. The van der Waals surface area contributed by atoms with Crippen molar-refractivity contribution in [3.05, 3.63) is 35.9 Å². The number of nitrogens with one attached hydrogen (secondary N) is 2. The van der Waals surface area contributed by atoms with Crippen LogP contribution in [-0.4, -0.2) is 31.0 Å². The summed E-state index contributed by atoms with van der Waals surface area (Å²) in [6.45, 7) is 0. The smallest absolute Gasteiger partial charge is 0.187 e. The second kappa shape index (κ2) is 7.63. The van der Waals surface area contributed by atoms with Crippen molar-refractivity contribution < 1.29 is 0 Å². The number of anilines is 1. The monoisotopic (exact) mass is 382 g/mol. The van der Waals surface area contributed by atoms with Crippen LogP contribution in [0.15, 0.2) is 35.4 Å². The zero-order valence-electron chi connectivity index (χ0n) is 16.3. The van der Waals surface area contributed by atoms with E-state index in [0.717, 1.165) is 23.3 Å². The number of benzene rings is 1. The molecule has 4 bridgehead atoms. The number of hydrazone groups is 1. The van der Waals surface area contributed by atoms with E-state index in [1.165, 1.54) is 44.2 Å². The van der Waals surface area contributed by atoms with E-state index in [9.17, 15) is 0 Å². The highest BCUT2D eigenvalue weighted by atomic mass is 32.1. The summed E-state index contributed by atoms with van der Waals surface area (Å²) in [4.78, 5) is 2.09. The molecule has 1 aromatic rings. The molecule has 0 atom stereocenters. The molecule has 0 spiro atoms. The molecule has 4 nitrogen and oxygen atoms in total. The maximum absolute atomic E-state index is 5.51. The molecule has 0 heterocycles. The third kappa shape index (κ3) is 4.34. The fraction of sp³-hybridized carbons (Fsp3) is 0.545. The fourth-order valence-electron chi connectivity index (χ4n) is 5.71. The third-order valence-corrected chi connectivity index (χ3v) is 6.64. The molecule has 1 aromatic carbocycles. The molecule has 0 saturated heterocycles. The van der Waals surface area contributed by atoms with Crippen molar-refractivity contribution in [1.82, 2.24) is 10.7 Å². The number of rotatable bonds is 5. The second-order valence-corrected chi connectivity index (χ2v) is 9.30. The molecule has 0 aliphatic heterocycles. The van der Waals surface area contributed by atoms with Crippen LogP contribution in [0.4, 0.5) is 5.69 Å². The minimum Gasteiger partial charge on any atom is -0.378 e. The predicted octanol–water partition coefficient (Wildman–Crippen LogP) is 4.18. The van der Waals surface area contributed by atoms with Crippen LogP contribution in [0.5, 0.6) is 0 Å². The molecule has 0 unspecified atom stereocenters. The van der Waals surface area contributed by atoms with Crippen LogP contribution in [0.2, 0.25) is 0 Å². The first-order valence-corrected chi connectivity index (χ1v) is 10.5. The molecule has 4 fully saturated rings. The lowest BCUT2D eigenvalue weighted by Crippen LogP contribution is -2.61. The minimum atomic E-state index is 0.235. The van der Waals surface area contributed by atoms with Gasteiger partial charge >= 0.3 is 0 Å². The van der Waals surface area contributed by atoms with Gasteiger partial charge in [0.1, 0.15) is 0 Å². The Labute approximate surface area is 168 Å². The highest BCUT2D eigenvalue weighted by Gasteiger charge is 2.51. The Morgan fingerprint density at radius 2 is 1.67 bits per heavy atom. The summed E-state index contributed by atoms with van der Waals surface area (Å²) in [7, 11) is 4.09. The van der Waals surface area contributed by atoms with Crippen molar-refractivity contribution in [3.63, 3.8) is 0 Å². The van der Waals surface area contributed by atoms with Gasteiger partial charge in [-0.15, -0.1) is 0 Å². The van der Waals surface area contributed by atoms with Crippen LogP contribution in [0, 0.1) is 17.8 Å². The summed E-state index contributed by atoms with van der Waals surface area (Å²) in [5.41, 5.74) is 5.59. The van der Waals surface area contributed by atoms with Crippen molar-refractivity contribution in [2.75, 3.05) is 19.0 Å². The van der Waals surface area contributed by atoms with E-state index in [2.05, 4.69) is 45.0 Å². The zero-order chi connectivity index (χ0) is 18.9. The number of hydrogen-bond donors (Lipinski definition) is 2. The molecule has 0 amide bonds. The zero-order valence-corrected chi connectivity index (χ0v) is 17.1. The summed E-state index contributed by atoms with van der Waals surface area (Å²) < 4.78 is 0. The third-order valence-electron chi connectivity index (χ3n) is 6.44. The molecule has 5 heteroatoms. The number of allylic oxidation sites excluding steroid dienone is 1. The van der Waals surface area contributed by atoms with Gasteiger partial charge in [0.15, 0.2) is 5.11 Å². The molecular weight excluding hydrogens is 352 g/mol. The van der Waals surface area contributed by atoms with Crippen LogP contribution in [0.1, 0.15) is 44.1 Å². The Morgan fingerprint density at radius 3 is 2.22 bits per heavy atom. The minimum absolute atomic E-state index is 0.235. The Morgan fingerprint density at radius 1 is 1.07 bits per heavy atom. The van der Waals surface area contributed by atoms with Crippen LogP contribution in [-0.2, 0) is 0 Å². The molecule has 144 valence electrons. The quantitative estimate of drug-likeness (QED) is 0.455. The molecule has 27 heavy (non-hydrogen) atoms. The average molecular weight is 383 g/mol. The first kappa shape index (κ1) is 18.5. The summed E-state index contributed by atoms with van der Waals surface area (Å²) in [5, 5.41) is 8.55. The Balaban J connectivity index is 1.25. The summed E-state index contributed by atoms with van der Waals surface area (Å²) in [6, 6.07) is 8.43.